The minimum atomic E-state index is -4.40. The van der Waals surface area contributed by atoms with Crippen molar-refractivity contribution >= 4 is 23.7 Å². The Morgan fingerprint density at radius 1 is 1.15 bits per heavy atom. The van der Waals surface area contributed by atoms with Crippen molar-refractivity contribution in [1.29, 1.82) is 0 Å². The number of benzene rings is 2. The van der Waals surface area contributed by atoms with Gasteiger partial charge in [-0.25, -0.2) is 13.9 Å². The van der Waals surface area contributed by atoms with Crippen LogP contribution in [0.4, 0.5) is 17.6 Å². The second-order valence-electron chi connectivity index (χ2n) is 7.43. The Morgan fingerprint density at radius 2 is 1.82 bits per heavy atom. The molecule has 0 amide bonds. The number of rotatable bonds is 5. The number of carbonyl (C=O) groups is 1. The Kier molecular flexibility index (Phi) is 7.88. The Hall–Kier alpha value is -3.46. The Labute approximate surface area is 198 Å². The molecular formula is C24H20ClF4N3O2. The first kappa shape index (κ1) is 25.2. The van der Waals surface area contributed by atoms with Crippen LogP contribution in [0, 0.1) is 5.82 Å². The van der Waals surface area contributed by atoms with E-state index in [9.17, 15) is 17.6 Å². The van der Waals surface area contributed by atoms with Crippen LogP contribution < -0.4 is 0 Å². The minimum absolute atomic E-state index is 0.106. The van der Waals surface area contributed by atoms with E-state index in [4.69, 9.17) is 16.4 Å². The van der Waals surface area contributed by atoms with Crippen molar-refractivity contribution in [2.45, 2.75) is 25.4 Å². The van der Waals surface area contributed by atoms with E-state index >= 15 is 0 Å². The predicted molar refractivity (Wildman–Crippen MR) is 120 cm³/mol. The maximum Gasteiger partial charge on any atom is 0.416 e. The fourth-order valence-corrected chi connectivity index (χ4v) is 3.84. The fourth-order valence-electron chi connectivity index (χ4n) is 3.53. The van der Waals surface area contributed by atoms with Crippen LogP contribution in [0.5, 0.6) is 0 Å². The van der Waals surface area contributed by atoms with E-state index in [1.165, 1.54) is 37.6 Å². The summed E-state index contributed by atoms with van der Waals surface area (Å²) in [4.78, 5) is 13.3. The molecule has 0 fully saturated rings. The summed E-state index contributed by atoms with van der Waals surface area (Å²) < 4.78 is 57.5. The molecule has 4 aromatic rings. The molecule has 2 aromatic carbocycles. The van der Waals surface area contributed by atoms with Gasteiger partial charge in [0, 0.05) is 17.7 Å². The van der Waals surface area contributed by atoms with Gasteiger partial charge in [0.05, 0.1) is 29.6 Å². The maximum absolute atomic E-state index is 13.5. The molecule has 0 spiro atoms. The first-order valence-electron chi connectivity index (χ1n) is 10.1. The number of ether oxygens (including phenoxy) is 1. The van der Waals surface area contributed by atoms with Gasteiger partial charge >= 0.3 is 6.18 Å². The van der Waals surface area contributed by atoms with Crippen LogP contribution >= 0.6 is 11.6 Å². The van der Waals surface area contributed by atoms with Crippen molar-refractivity contribution in [3.63, 3.8) is 0 Å². The topological polar surface area (TPSA) is 56.5 Å². The molecule has 2 heterocycles. The third-order valence-electron chi connectivity index (χ3n) is 5.03. The van der Waals surface area contributed by atoms with E-state index in [2.05, 4.69) is 14.8 Å². The van der Waals surface area contributed by atoms with Gasteiger partial charge in [0.15, 0.2) is 5.65 Å². The van der Waals surface area contributed by atoms with Gasteiger partial charge in [-0.2, -0.15) is 18.3 Å². The molecule has 1 atom stereocenters. The molecule has 0 aliphatic rings. The summed E-state index contributed by atoms with van der Waals surface area (Å²) >= 11 is 6.40. The number of methoxy groups -OCH3 is 1. The third kappa shape index (κ3) is 5.72. The lowest BCUT2D eigenvalue weighted by atomic mass is 9.97. The largest absolute Gasteiger partial charge is 0.471 e. The van der Waals surface area contributed by atoms with E-state index in [1.54, 1.807) is 16.8 Å². The van der Waals surface area contributed by atoms with Gasteiger partial charge in [-0.1, -0.05) is 42.8 Å². The molecule has 1 unspecified atom stereocenters. The zero-order valence-corrected chi connectivity index (χ0v) is 18.9. The summed E-state index contributed by atoms with van der Waals surface area (Å²) in [6.45, 7) is 2.32. The second-order valence-corrected chi connectivity index (χ2v) is 7.83. The molecule has 10 heteroatoms. The molecular weight excluding hydrogens is 474 g/mol. The van der Waals surface area contributed by atoms with Crippen LogP contribution in [0.15, 0.2) is 60.9 Å². The van der Waals surface area contributed by atoms with Crippen molar-refractivity contribution in [2.24, 2.45) is 0 Å². The van der Waals surface area contributed by atoms with Gasteiger partial charge in [0.2, 0.25) is 0 Å². The summed E-state index contributed by atoms with van der Waals surface area (Å²) in [6.07, 6.45) is -0.805. The van der Waals surface area contributed by atoms with Crippen LogP contribution in [-0.2, 0) is 22.1 Å². The van der Waals surface area contributed by atoms with Crippen molar-refractivity contribution in [3.8, 4) is 11.1 Å². The molecule has 0 radical (unpaired) electrons. The zero-order valence-electron chi connectivity index (χ0n) is 18.2. The molecule has 0 bridgehead atoms. The number of nitrogens with zero attached hydrogens (tertiary/aromatic N) is 3. The lowest BCUT2D eigenvalue weighted by Crippen LogP contribution is -2.08. The van der Waals surface area contributed by atoms with Crippen molar-refractivity contribution < 1.29 is 27.1 Å². The van der Waals surface area contributed by atoms with E-state index < -0.39 is 11.7 Å². The highest BCUT2D eigenvalue weighted by Gasteiger charge is 2.30. The molecule has 0 aliphatic heterocycles. The van der Waals surface area contributed by atoms with Crippen LogP contribution in [0.3, 0.4) is 0 Å². The number of fused-ring (bicyclic) bond motifs is 1. The predicted octanol–water partition coefficient (Wildman–Crippen LogP) is 6.34. The number of alkyl halides is 3. The van der Waals surface area contributed by atoms with Crippen LogP contribution in [-0.4, -0.2) is 28.2 Å². The van der Waals surface area contributed by atoms with E-state index in [0.717, 1.165) is 17.7 Å². The fraction of sp³-hybridized carbons (Fsp3) is 0.208. The summed E-state index contributed by atoms with van der Waals surface area (Å²) in [6, 6.07) is 11.2. The smallest absolute Gasteiger partial charge is 0.416 e. The standard InChI is InChI=1S/C22H16ClF4N3.C2H4O2/c1-13(9-14-3-2-4-17(24)10-14)20-19(23)12-28-21-18(11-29-30(20)21)15-5-7-16(8-6-15)22(25,26)27;1-4-2-3/h2-8,10-13H,9H2,1H3;2H,1H3. The van der Waals surface area contributed by atoms with Gasteiger partial charge in [0.25, 0.3) is 6.47 Å². The molecule has 4 rings (SSSR count). The van der Waals surface area contributed by atoms with Gasteiger partial charge in [-0.05, 0) is 41.8 Å². The van der Waals surface area contributed by atoms with Gasteiger partial charge in [-0.3, -0.25) is 4.79 Å². The zero-order chi connectivity index (χ0) is 24.9. The first-order chi connectivity index (χ1) is 16.2. The van der Waals surface area contributed by atoms with Crippen molar-refractivity contribution in [2.75, 3.05) is 7.11 Å². The van der Waals surface area contributed by atoms with E-state index in [-0.39, 0.29) is 11.7 Å². The Morgan fingerprint density at radius 3 is 2.41 bits per heavy atom. The maximum atomic E-state index is 13.5. The van der Waals surface area contributed by atoms with Crippen LogP contribution in [0.25, 0.3) is 16.8 Å². The SMILES string of the molecule is CC(Cc1cccc(F)c1)c1c(Cl)cnc2c(-c3ccc(C(F)(F)F)cc3)cnn12.COC=O. The normalized spacial score (nSPS) is 12.1. The Bertz CT molecular complexity index is 1270. The highest BCUT2D eigenvalue weighted by Crippen LogP contribution is 2.34. The monoisotopic (exact) mass is 493 g/mol. The molecule has 0 N–H and O–H groups in total. The van der Waals surface area contributed by atoms with Crippen molar-refractivity contribution in [1.82, 2.24) is 14.6 Å². The molecule has 0 aliphatic carbocycles. The Balaban J connectivity index is 0.000000751. The number of hydrogen-bond acceptors (Lipinski definition) is 4. The lowest BCUT2D eigenvalue weighted by molar-refractivity contribution is -0.137. The van der Waals surface area contributed by atoms with Gasteiger partial charge < -0.3 is 4.74 Å². The molecule has 0 saturated carbocycles. The average Bonchev–Trinajstić information content (AvgIpc) is 3.22. The second kappa shape index (κ2) is 10.6. The summed E-state index contributed by atoms with van der Waals surface area (Å²) in [5.74, 6) is -0.417. The number of aromatic nitrogens is 3. The van der Waals surface area contributed by atoms with Crippen molar-refractivity contribution in [3.05, 3.63) is 88.6 Å². The quantitative estimate of drug-likeness (QED) is 0.240. The number of carbonyl (C=O) groups excluding carboxylic acids is 1. The van der Waals surface area contributed by atoms with Gasteiger partial charge in [0.1, 0.15) is 5.82 Å². The molecule has 178 valence electrons. The molecule has 34 heavy (non-hydrogen) atoms. The average molecular weight is 494 g/mol. The van der Waals surface area contributed by atoms with E-state index in [1.807, 2.05) is 13.0 Å². The first-order valence-corrected chi connectivity index (χ1v) is 10.4. The highest BCUT2D eigenvalue weighted by atomic mass is 35.5. The van der Waals surface area contributed by atoms with Gasteiger partial charge in [-0.15, -0.1) is 0 Å². The highest BCUT2D eigenvalue weighted by molar-refractivity contribution is 6.31. The number of halogens is 5. The summed E-state index contributed by atoms with van der Waals surface area (Å²) in [7, 11) is 1.31. The minimum Gasteiger partial charge on any atom is -0.471 e. The third-order valence-corrected chi connectivity index (χ3v) is 5.33. The summed E-state index contributed by atoms with van der Waals surface area (Å²) in [5.41, 5.74) is 2.45. The summed E-state index contributed by atoms with van der Waals surface area (Å²) in [5, 5.41) is 4.79. The van der Waals surface area contributed by atoms with Crippen LogP contribution in [0.1, 0.15) is 29.7 Å². The number of hydrogen-bond donors (Lipinski definition) is 0. The lowest BCUT2D eigenvalue weighted by Gasteiger charge is -2.15. The van der Waals surface area contributed by atoms with E-state index in [0.29, 0.717) is 40.4 Å². The molecule has 2 aromatic heterocycles. The van der Waals surface area contributed by atoms with Crippen LogP contribution in [0.2, 0.25) is 5.02 Å². The molecule has 0 saturated heterocycles. The molecule has 5 nitrogen and oxygen atoms in total.